The Labute approximate surface area is 79.3 Å². The van der Waals surface area contributed by atoms with Gasteiger partial charge in [-0.2, -0.15) is 5.26 Å². The number of nitrogens with zero attached hydrogens (tertiary/aromatic N) is 2. The number of H-pyrrole nitrogens is 1. The number of amides is 1. The number of nitrogens with one attached hydrogen (secondary N) is 1. The quantitative estimate of drug-likeness (QED) is 0.679. The Balaban J connectivity index is 3.09. The molecule has 68 valence electrons. The van der Waals surface area contributed by atoms with E-state index in [9.17, 15) is 4.79 Å². The van der Waals surface area contributed by atoms with E-state index in [1.807, 2.05) is 12.3 Å². The van der Waals surface area contributed by atoms with Gasteiger partial charge in [-0.3, -0.25) is 4.79 Å². The molecule has 0 aromatic carbocycles. The summed E-state index contributed by atoms with van der Waals surface area (Å²) in [7, 11) is 0. The molecule has 0 aliphatic carbocycles. The predicted molar refractivity (Wildman–Crippen MR) is 48.2 cm³/mol. The number of aromatic amines is 1. The van der Waals surface area contributed by atoms with Gasteiger partial charge in [0.15, 0.2) is 10.9 Å². The van der Waals surface area contributed by atoms with Crippen molar-refractivity contribution in [3.8, 4) is 6.07 Å². The number of carbonyl (C=O) groups excluding carboxylic acids is 1. The lowest BCUT2D eigenvalue weighted by atomic mass is 10.2. The third-order valence-corrected chi connectivity index (χ3v) is 2.02. The highest BCUT2D eigenvalue weighted by atomic mass is 32.2. The molecular weight excluding hydrogens is 188 g/mol. The van der Waals surface area contributed by atoms with Crippen molar-refractivity contribution in [2.75, 3.05) is 6.26 Å². The standard InChI is InChI=1S/C7H8N4OS/c1-13-7-10-4(2-3-8)5(11-7)6(9)12/h2H2,1H3,(H2,9,12)(H,10,11). The highest BCUT2D eigenvalue weighted by molar-refractivity contribution is 7.98. The van der Waals surface area contributed by atoms with Crippen LogP contribution in [0.2, 0.25) is 0 Å². The first-order chi connectivity index (χ1) is 6.19. The second-order valence-corrected chi connectivity index (χ2v) is 3.07. The van der Waals surface area contributed by atoms with Crippen molar-refractivity contribution in [3.63, 3.8) is 0 Å². The van der Waals surface area contributed by atoms with Crippen LogP contribution >= 0.6 is 11.8 Å². The second-order valence-electron chi connectivity index (χ2n) is 2.27. The Morgan fingerprint density at radius 3 is 3.00 bits per heavy atom. The van der Waals surface area contributed by atoms with Gasteiger partial charge in [-0.15, -0.1) is 0 Å². The largest absolute Gasteiger partial charge is 0.364 e. The van der Waals surface area contributed by atoms with Gasteiger partial charge in [-0.1, -0.05) is 11.8 Å². The van der Waals surface area contributed by atoms with Crippen LogP contribution in [0.4, 0.5) is 0 Å². The van der Waals surface area contributed by atoms with Crippen LogP contribution in [0.15, 0.2) is 5.16 Å². The average molecular weight is 196 g/mol. The SMILES string of the molecule is CSc1nc(C(N)=O)c(CC#N)[nH]1. The van der Waals surface area contributed by atoms with Crippen molar-refractivity contribution in [2.45, 2.75) is 11.6 Å². The van der Waals surface area contributed by atoms with Gasteiger partial charge in [0.25, 0.3) is 5.91 Å². The van der Waals surface area contributed by atoms with Gasteiger partial charge in [0, 0.05) is 0 Å². The van der Waals surface area contributed by atoms with Crippen LogP contribution in [0.3, 0.4) is 0 Å². The Hall–Kier alpha value is -1.48. The number of carbonyl (C=O) groups is 1. The van der Waals surface area contributed by atoms with Crippen molar-refractivity contribution in [1.29, 1.82) is 5.26 Å². The summed E-state index contributed by atoms with van der Waals surface area (Å²) in [4.78, 5) is 17.6. The summed E-state index contributed by atoms with van der Waals surface area (Å²) in [5.41, 5.74) is 5.72. The number of hydrogen-bond acceptors (Lipinski definition) is 4. The molecule has 0 aliphatic heterocycles. The fourth-order valence-corrected chi connectivity index (χ4v) is 1.30. The molecule has 1 aromatic heterocycles. The van der Waals surface area contributed by atoms with E-state index in [1.165, 1.54) is 11.8 Å². The third-order valence-electron chi connectivity index (χ3n) is 1.44. The minimum atomic E-state index is -0.609. The van der Waals surface area contributed by atoms with Gasteiger partial charge in [0.2, 0.25) is 0 Å². The lowest BCUT2D eigenvalue weighted by Gasteiger charge is -1.89. The molecule has 1 amide bonds. The van der Waals surface area contributed by atoms with Crippen LogP contribution in [-0.2, 0) is 6.42 Å². The normalized spacial score (nSPS) is 9.54. The Morgan fingerprint density at radius 1 is 1.85 bits per heavy atom. The highest BCUT2D eigenvalue weighted by Gasteiger charge is 2.13. The molecule has 0 bridgehead atoms. The lowest BCUT2D eigenvalue weighted by molar-refractivity contribution is 0.0995. The number of imidazole rings is 1. The van der Waals surface area contributed by atoms with Crippen LogP contribution < -0.4 is 5.73 Å². The van der Waals surface area contributed by atoms with Gasteiger partial charge >= 0.3 is 0 Å². The van der Waals surface area contributed by atoms with Gasteiger partial charge in [0.1, 0.15) is 0 Å². The number of nitriles is 1. The molecular formula is C7H8N4OS. The summed E-state index contributed by atoms with van der Waals surface area (Å²) in [5.74, 6) is -0.609. The minimum Gasteiger partial charge on any atom is -0.364 e. The Bertz CT molecular complexity index is 365. The molecule has 0 unspecified atom stereocenters. The van der Waals surface area contributed by atoms with E-state index in [-0.39, 0.29) is 12.1 Å². The lowest BCUT2D eigenvalue weighted by Crippen LogP contribution is -2.13. The van der Waals surface area contributed by atoms with Gasteiger partial charge in [-0.25, -0.2) is 4.98 Å². The number of nitrogens with two attached hydrogens (primary N) is 1. The molecule has 1 aromatic rings. The van der Waals surface area contributed by atoms with Crippen molar-refractivity contribution < 1.29 is 4.79 Å². The van der Waals surface area contributed by atoms with Crippen LogP contribution in [0.25, 0.3) is 0 Å². The van der Waals surface area contributed by atoms with Crippen molar-refractivity contribution in [2.24, 2.45) is 5.73 Å². The topological polar surface area (TPSA) is 95.6 Å². The van der Waals surface area contributed by atoms with Crippen LogP contribution in [0, 0.1) is 11.3 Å². The van der Waals surface area contributed by atoms with E-state index in [0.717, 1.165) is 0 Å². The smallest absolute Gasteiger partial charge is 0.269 e. The molecule has 5 nitrogen and oxygen atoms in total. The molecule has 0 spiro atoms. The number of aromatic nitrogens is 2. The van der Waals surface area contributed by atoms with Gasteiger partial charge in [-0.05, 0) is 6.26 Å². The van der Waals surface area contributed by atoms with Crippen LogP contribution in [0.5, 0.6) is 0 Å². The Kier molecular flexibility index (Phi) is 2.93. The summed E-state index contributed by atoms with van der Waals surface area (Å²) in [6.45, 7) is 0. The van der Waals surface area contributed by atoms with E-state index in [1.54, 1.807) is 0 Å². The summed E-state index contributed by atoms with van der Waals surface area (Å²) >= 11 is 1.36. The van der Waals surface area contributed by atoms with E-state index in [4.69, 9.17) is 11.0 Å². The van der Waals surface area contributed by atoms with Crippen molar-refractivity contribution in [3.05, 3.63) is 11.4 Å². The first-order valence-corrected chi connectivity index (χ1v) is 4.71. The number of hydrogen-bond donors (Lipinski definition) is 2. The second kappa shape index (κ2) is 3.96. The predicted octanol–water partition coefficient (Wildman–Crippen LogP) is 0.297. The minimum absolute atomic E-state index is 0.117. The fraction of sp³-hybridized carbons (Fsp3) is 0.286. The monoisotopic (exact) mass is 196 g/mol. The van der Waals surface area contributed by atoms with E-state index in [0.29, 0.717) is 10.9 Å². The molecule has 3 N–H and O–H groups in total. The highest BCUT2D eigenvalue weighted by Crippen LogP contribution is 2.13. The zero-order valence-corrected chi connectivity index (χ0v) is 7.81. The maximum atomic E-state index is 10.8. The van der Waals surface area contributed by atoms with Gasteiger partial charge < -0.3 is 10.7 Å². The summed E-state index contributed by atoms with van der Waals surface area (Å²) in [6, 6.07) is 1.93. The number of thioether (sulfide) groups is 1. The molecule has 0 saturated carbocycles. The summed E-state index contributed by atoms with van der Waals surface area (Å²) < 4.78 is 0. The first kappa shape index (κ1) is 9.61. The maximum absolute atomic E-state index is 10.8. The molecule has 6 heteroatoms. The fourth-order valence-electron chi connectivity index (χ4n) is 0.893. The van der Waals surface area contributed by atoms with Crippen LogP contribution in [0.1, 0.15) is 16.2 Å². The third kappa shape index (κ3) is 2.00. The molecule has 0 fully saturated rings. The maximum Gasteiger partial charge on any atom is 0.269 e. The first-order valence-electron chi connectivity index (χ1n) is 3.48. The average Bonchev–Trinajstić information content (AvgIpc) is 2.48. The van der Waals surface area contributed by atoms with Crippen LogP contribution in [-0.4, -0.2) is 22.1 Å². The molecule has 0 saturated heterocycles. The Morgan fingerprint density at radius 2 is 2.54 bits per heavy atom. The number of primary amides is 1. The molecule has 13 heavy (non-hydrogen) atoms. The zero-order valence-electron chi connectivity index (χ0n) is 7.00. The van der Waals surface area contributed by atoms with Crippen molar-refractivity contribution >= 4 is 17.7 Å². The van der Waals surface area contributed by atoms with Gasteiger partial charge in [0.05, 0.1) is 18.2 Å². The molecule has 0 radical (unpaired) electrons. The number of rotatable bonds is 3. The van der Waals surface area contributed by atoms with E-state index in [2.05, 4.69) is 9.97 Å². The zero-order chi connectivity index (χ0) is 9.84. The molecule has 0 atom stereocenters. The summed E-state index contributed by atoms with van der Waals surface area (Å²) in [6.07, 6.45) is 1.94. The molecule has 1 rings (SSSR count). The molecule has 0 aliphatic rings. The summed E-state index contributed by atoms with van der Waals surface area (Å²) in [5, 5.41) is 9.05. The molecule has 1 heterocycles. The van der Waals surface area contributed by atoms with Crippen molar-refractivity contribution in [1.82, 2.24) is 9.97 Å². The van der Waals surface area contributed by atoms with E-state index < -0.39 is 5.91 Å². The van der Waals surface area contributed by atoms with E-state index >= 15 is 0 Å².